The zero-order valence-corrected chi connectivity index (χ0v) is 14.6. The predicted octanol–water partition coefficient (Wildman–Crippen LogP) is 3.39. The molecule has 0 aliphatic carbocycles. The molecule has 2 amide bonds. The van der Waals surface area contributed by atoms with E-state index in [0.29, 0.717) is 16.8 Å². The van der Waals surface area contributed by atoms with Crippen LogP contribution in [0.5, 0.6) is 0 Å². The summed E-state index contributed by atoms with van der Waals surface area (Å²) in [4.78, 5) is 25.4. The Bertz CT molecular complexity index is 584. The highest BCUT2D eigenvalue weighted by molar-refractivity contribution is 8.24. The molecule has 22 heavy (non-hydrogen) atoms. The van der Waals surface area contributed by atoms with Crippen LogP contribution >= 0.6 is 24.0 Å². The third-order valence-corrected chi connectivity index (χ3v) is 5.02. The summed E-state index contributed by atoms with van der Waals surface area (Å²) in [5.41, 5.74) is 2.00. The van der Waals surface area contributed by atoms with E-state index in [1.807, 2.05) is 31.2 Å². The van der Waals surface area contributed by atoms with Crippen LogP contribution in [0.4, 0.5) is 5.69 Å². The number of thiocarbonyl (C=S) groups is 1. The summed E-state index contributed by atoms with van der Waals surface area (Å²) in [6.45, 7) is 6.42. The Balaban J connectivity index is 1.85. The van der Waals surface area contributed by atoms with Crippen molar-refractivity contribution >= 4 is 45.8 Å². The van der Waals surface area contributed by atoms with Gasteiger partial charge in [-0.25, -0.2) is 0 Å². The summed E-state index contributed by atoms with van der Waals surface area (Å²) >= 11 is 6.52. The molecule has 1 fully saturated rings. The van der Waals surface area contributed by atoms with E-state index < -0.39 is 0 Å². The van der Waals surface area contributed by atoms with E-state index in [9.17, 15) is 9.59 Å². The van der Waals surface area contributed by atoms with E-state index in [-0.39, 0.29) is 23.5 Å². The minimum Gasteiger partial charge on any atom is -0.326 e. The largest absolute Gasteiger partial charge is 0.326 e. The first-order chi connectivity index (χ1) is 10.4. The number of benzene rings is 1. The molecule has 1 unspecified atom stereocenters. The number of hydrogen-bond acceptors (Lipinski definition) is 4. The lowest BCUT2D eigenvalue weighted by Gasteiger charge is -2.15. The van der Waals surface area contributed by atoms with E-state index in [1.165, 1.54) is 22.2 Å². The molecule has 1 atom stereocenters. The quantitative estimate of drug-likeness (QED) is 0.838. The first-order valence-electron chi connectivity index (χ1n) is 7.30. The van der Waals surface area contributed by atoms with Gasteiger partial charge in [0.05, 0.1) is 5.25 Å². The molecular formula is C16H20N2O2S2. The number of amides is 2. The van der Waals surface area contributed by atoms with Gasteiger partial charge in [0.2, 0.25) is 11.8 Å². The number of carbonyl (C=O) groups is 2. The van der Waals surface area contributed by atoms with E-state index in [2.05, 4.69) is 19.2 Å². The highest BCUT2D eigenvalue weighted by Gasteiger charge is 2.33. The minimum atomic E-state index is -0.140. The second-order valence-corrected chi connectivity index (χ2v) is 7.57. The topological polar surface area (TPSA) is 49.4 Å². The smallest absolute Gasteiger partial charge is 0.241 e. The molecular weight excluding hydrogens is 316 g/mol. The van der Waals surface area contributed by atoms with E-state index in [4.69, 9.17) is 12.2 Å². The molecule has 0 radical (unpaired) electrons. The van der Waals surface area contributed by atoms with E-state index >= 15 is 0 Å². The van der Waals surface area contributed by atoms with Gasteiger partial charge in [-0.3, -0.25) is 14.5 Å². The normalized spacial score (nSPS) is 18.2. The Morgan fingerprint density at radius 1 is 1.36 bits per heavy atom. The van der Waals surface area contributed by atoms with Crippen molar-refractivity contribution in [2.75, 3.05) is 11.9 Å². The lowest BCUT2D eigenvalue weighted by Crippen LogP contribution is -2.33. The molecule has 1 aliphatic rings. The first-order valence-corrected chi connectivity index (χ1v) is 8.59. The van der Waals surface area contributed by atoms with Crippen LogP contribution in [0.3, 0.4) is 0 Å². The van der Waals surface area contributed by atoms with E-state index in [0.717, 1.165) is 5.69 Å². The van der Waals surface area contributed by atoms with Crippen LogP contribution < -0.4 is 5.32 Å². The van der Waals surface area contributed by atoms with Gasteiger partial charge >= 0.3 is 0 Å². The number of nitrogens with one attached hydrogen (secondary N) is 1. The van der Waals surface area contributed by atoms with Crippen molar-refractivity contribution in [1.82, 2.24) is 4.90 Å². The molecule has 1 aromatic carbocycles. The molecule has 6 heteroatoms. The molecule has 1 N–H and O–H groups in total. The summed E-state index contributed by atoms with van der Waals surface area (Å²) in [6.07, 6.45) is 0.241. The van der Waals surface area contributed by atoms with Crippen molar-refractivity contribution in [3.8, 4) is 0 Å². The van der Waals surface area contributed by atoms with Gasteiger partial charge in [0.15, 0.2) is 0 Å². The standard InChI is InChI=1S/C16H20N2O2S2/c1-10(2)12-4-6-13(7-5-12)17-14(19)8-9-18-15(20)11(3)22-16(18)21/h4-7,10-11H,8-9H2,1-3H3,(H,17,19). The maximum atomic E-state index is 12.0. The Morgan fingerprint density at radius 2 is 2.00 bits per heavy atom. The molecule has 4 nitrogen and oxygen atoms in total. The number of thioether (sulfide) groups is 1. The highest BCUT2D eigenvalue weighted by atomic mass is 32.2. The second-order valence-electron chi connectivity index (χ2n) is 5.59. The molecule has 0 aromatic heterocycles. The van der Waals surface area contributed by atoms with Crippen LogP contribution in [0.15, 0.2) is 24.3 Å². The van der Waals surface area contributed by atoms with Gasteiger partial charge in [0.1, 0.15) is 4.32 Å². The summed E-state index contributed by atoms with van der Waals surface area (Å²) in [5, 5.41) is 2.71. The number of carbonyl (C=O) groups excluding carboxylic acids is 2. The molecule has 2 rings (SSSR count). The zero-order chi connectivity index (χ0) is 16.3. The van der Waals surface area contributed by atoms with Gasteiger partial charge in [0, 0.05) is 18.7 Å². The van der Waals surface area contributed by atoms with Crippen molar-refractivity contribution in [3.05, 3.63) is 29.8 Å². The minimum absolute atomic E-state index is 0.0101. The van der Waals surface area contributed by atoms with Crippen LogP contribution in [0.1, 0.15) is 38.7 Å². The van der Waals surface area contributed by atoms with Crippen LogP contribution in [-0.4, -0.2) is 32.8 Å². The molecule has 1 heterocycles. The SMILES string of the molecule is CC1SC(=S)N(CCC(=O)Nc2ccc(C(C)C)cc2)C1=O. The lowest BCUT2D eigenvalue weighted by atomic mass is 10.0. The summed E-state index contributed by atoms with van der Waals surface area (Å²) in [5.74, 6) is 0.341. The van der Waals surface area contributed by atoms with Crippen LogP contribution in [0.2, 0.25) is 0 Å². The summed E-state index contributed by atoms with van der Waals surface area (Å²) < 4.78 is 0.562. The molecule has 1 aliphatic heterocycles. The Labute approximate surface area is 140 Å². The van der Waals surface area contributed by atoms with E-state index in [1.54, 1.807) is 0 Å². The molecule has 118 valence electrons. The molecule has 0 saturated carbocycles. The van der Waals surface area contributed by atoms with Gasteiger partial charge in [0.25, 0.3) is 0 Å². The summed E-state index contributed by atoms with van der Waals surface area (Å²) in [6, 6.07) is 7.82. The Hall–Kier alpha value is -1.40. The van der Waals surface area contributed by atoms with Gasteiger partial charge < -0.3 is 5.32 Å². The summed E-state index contributed by atoms with van der Waals surface area (Å²) in [7, 11) is 0. The Morgan fingerprint density at radius 3 is 2.50 bits per heavy atom. The number of rotatable bonds is 5. The van der Waals surface area contributed by atoms with Crippen molar-refractivity contribution in [1.29, 1.82) is 0 Å². The van der Waals surface area contributed by atoms with Gasteiger partial charge in [-0.2, -0.15) is 0 Å². The molecule has 0 spiro atoms. The maximum absolute atomic E-state index is 12.0. The van der Waals surface area contributed by atoms with Crippen LogP contribution in [0.25, 0.3) is 0 Å². The van der Waals surface area contributed by atoms with Gasteiger partial charge in [-0.15, -0.1) is 0 Å². The Kier molecular flexibility index (Phi) is 5.58. The second kappa shape index (κ2) is 7.24. The fourth-order valence-corrected chi connectivity index (χ4v) is 3.62. The average molecular weight is 336 g/mol. The first kappa shape index (κ1) is 17.0. The fourth-order valence-electron chi connectivity index (χ4n) is 2.16. The molecule has 1 saturated heterocycles. The number of nitrogens with zero attached hydrogens (tertiary/aromatic N) is 1. The monoisotopic (exact) mass is 336 g/mol. The zero-order valence-electron chi connectivity index (χ0n) is 13.0. The predicted molar refractivity (Wildman–Crippen MR) is 95.1 cm³/mol. The van der Waals surface area contributed by atoms with Crippen molar-refractivity contribution in [3.63, 3.8) is 0 Å². The molecule has 1 aromatic rings. The third kappa shape index (κ3) is 4.08. The number of anilines is 1. The van der Waals surface area contributed by atoms with Gasteiger partial charge in [-0.05, 0) is 30.5 Å². The van der Waals surface area contributed by atoms with Crippen molar-refractivity contribution in [2.24, 2.45) is 0 Å². The maximum Gasteiger partial charge on any atom is 0.241 e. The van der Waals surface area contributed by atoms with Crippen molar-refractivity contribution in [2.45, 2.75) is 38.4 Å². The average Bonchev–Trinajstić information content (AvgIpc) is 2.70. The third-order valence-electron chi connectivity index (χ3n) is 3.54. The number of hydrogen-bond donors (Lipinski definition) is 1. The fraction of sp³-hybridized carbons (Fsp3) is 0.438. The van der Waals surface area contributed by atoms with Crippen LogP contribution in [0, 0.1) is 0 Å². The van der Waals surface area contributed by atoms with Crippen molar-refractivity contribution < 1.29 is 9.59 Å². The van der Waals surface area contributed by atoms with Gasteiger partial charge in [-0.1, -0.05) is 50.0 Å². The van der Waals surface area contributed by atoms with Crippen LogP contribution in [-0.2, 0) is 9.59 Å². The highest BCUT2D eigenvalue weighted by Crippen LogP contribution is 2.26. The molecule has 0 bridgehead atoms. The lowest BCUT2D eigenvalue weighted by molar-refractivity contribution is -0.126.